The van der Waals surface area contributed by atoms with Gasteiger partial charge in [-0.3, -0.25) is 4.79 Å². The number of aliphatic hydroxyl groups excluding tert-OH is 1. The molecule has 0 bridgehead atoms. The second kappa shape index (κ2) is 6.77. The largest absolute Gasteiger partial charge is 0.393 e. The molecule has 4 heteroatoms. The average molecular weight is 426 g/mol. The molecule has 0 aromatic heterocycles. The SMILES string of the molecule is CC1=C2C(=O)[C@@H]3[C@@H](CC=C4C[C@@H](O)CC[C@@]43C)[C@H]2CC[C@@]12O[C@@H]1C[C@@H](C)CN[C@H]1[C@H]2C. The Bertz CT molecular complexity index is 876. The highest BCUT2D eigenvalue weighted by Crippen LogP contribution is 2.63. The van der Waals surface area contributed by atoms with E-state index in [0.29, 0.717) is 35.5 Å². The van der Waals surface area contributed by atoms with Crippen molar-refractivity contribution < 1.29 is 14.6 Å². The van der Waals surface area contributed by atoms with E-state index >= 15 is 0 Å². The Morgan fingerprint density at radius 2 is 2.03 bits per heavy atom. The number of carbonyl (C=O) groups excluding carboxylic acids is 1. The van der Waals surface area contributed by atoms with Crippen molar-refractivity contribution in [3.8, 4) is 0 Å². The molecular formula is C27H39NO3. The number of nitrogens with one attached hydrogen (secondary N) is 1. The van der Waals surface area contributed by atoms with Crippen LogP contribution in [0.4, 0.5) is 0 Å². The first-order valence-electron chi connectivity index (χ1n) is 12.8. The maximum Gasteiger partial charge on any atom is 0.163 e. The third kappa shape index (κ3) is 2.62. The van der Waals surface area contributed by atoms with Gasteiger partial charge in [0.15, 0.2) is 5.78 Å². The molecule has 2 saturated heterocycles. The monoisotopic (exact) mass is 425 g/mol. The molecule has 4 aliphatic carbocycles. The number of hydrogen-bond acceptors (Lipinski definition) is 4. The topological polar surface area (TPSA) is 58.6 Å². The molecule has 6 rings (SSSR count). The maximum atomic E-state index is 14.1. The number of fused-ring (bicyclic) bond motifs is 6. The zero-order chi connectivity index (χ0) is 21.7. The van der Waals surface area contributed by atoms with Crippen LogP contribution >= 0.6 is 0 Å². The molecule has 2 N–H and O–H groups in total. The summed E-state index contributed by atoms with van der Waals surface area (Å²) in [5.41, 5.74) is 3.43. The fourth-order valence-corrected chi connectivity index (χ4v) is 8.93. The van der Waals surface area contributed by atoms with Crippen LogP contribution in [-0.2, 0) is 9.53 Å². The van der Waals surface area contributed by atoms with Crippen molar-refractivity contribution in [3.63, 3.8) is 0 Å². The van der Waals surface area contributed by atoms with Crippen molar-refractivity contribution in [2.45, 2.75) is 96.5 Å². The molecule has 0 amide bonds. The van der Waals surface area contributed by atoms with E-state index in [1.165, 1.54) is 11.1 Å². The summed E-state index contributed by atoms with van der Waals surface area (Å²) in [4.78, 5) is 14.1. The lowest BCUT2D eigenvalue weighted by molar-refractivity contribution is -0.123. The van der Waals surface area contributed by atoms with Crippen molar-refractivity contribution in [2.24, 2.45) is 35.0 Å². The van der Waals surface area contributed by atoms with Crippen molar-refractivity contribution in [3.05, 3.63) is 22.8 Å². The van der Waals surface area contributed by atoms with E-state index < -0.39 is 0 Å². The Labute approximate surface area is 186 Å². The van der Waals surface area contributed by atoms with Gasteiger partial charge in [-0.2, -0.15) is 0 Å². The molecule has 0 aromatic rings. The number of carbonyl (C=O) groups is 1. The van der Waals surface area contributed by atoms with E-state index in [1.807, 2.05) is 0 Å². The third-order valence-corrected chi connectivity index (χ3v) is 10.6. The first kappa shape index (κ1) is 20.6. The number of ether oxygens (including phenoxy) is 1. The van der Waals surface area contributed by atoms with Crippen LogP contribution in [-0.4, -0.2) is 41.3 Å². The van der Waals surface area contributed by atoms with Gasteiger partial charge in [0.05, 0.1) is 17.8 Å². The summed E-state index contributed by atoms with van der Waals surface area (Å²) in [7, 11) is 0. The third-order valence-electron chi connectivity index (χ3n) is 10.6. The van der Waals surface area contributed by atoms with E-state index in [9.17, 15) is 9.90 Å². The highest BCUT2D eigenvalue weighted by molar-refractivity contribution is 6.02. The van der Waals surface area contributed by atoms with Gasteiger partial charge >= 0.3 is 0 Å². The molecule has 2 aliphatic heterocycles. The second-order valence-corrected chi connectivity index (χ2v) is 12.1. The molecule has 4 nitrogen and oxygen atoms in total. The number of allylic oxidation sites excluding steroid dienone is 2. The van der Waals surface area contributed by atoms with Gasteiger partial charge in [0.25, 0.3) is 0 Å². The van der Waals surface area contributed by atoms with E-state index in [1.54, 1.807) is 0 Å². The first-order chi connectivity index (χ1) is 14.8. The molecule has 4 fully saturated rings. The standard InChI is InChI=1S/C27H39NO3/c1-14-11-21-24(28-13-14)16(3)27(31-21)10-8-19-20-6-5-17-12-18(29)7-9-26(17,4)23(20)25(30)22(19)15(27)2/h5,14,16,18-21,23-24,28-29H,6-13H2,1-4H3/t14-,16-,18+,19-,20+,21-,23+,24+,26+,27-/m1/s1. The predicted octanol–water partition coefficient (Wildman–Crippen LogP) is 4.18. The lowest BCUT2D eigenvalue weighted by Gasteiger charge is -2.48. The number of Topliss-reactive ketones (excluding diaryl/α,β-unsaturated/α-hetero) is 1. The van der Waals surface area contributed by atoms with E-state index in [-0.39, 0.29) is 29.1 Å². The van der Waals surface area contributed by atoms with Gasteiger partial charge in [-0.05, 0) is 87.2 Å². The van der Waals surface area contributed by atoms with Gasteiger partial charge in [-0.1, -0.05) is 32.4 Å². The van der Waals surface area contributed by atoms with Crippen LogP contribution < -0.4 is 5.32 Å². The maximum absolute atomic E-state index is 14.1. The summed E-state index contributed by atoms with van der Waals surface area (Å²) in [6.45, 7) is 10.3. The van der Waals surface area contributed by atoms with E-state index in [4.69, 9.17) is 4.74 Å². The Balaban J connectivity index is 1.39. The second-order valence-electron chi connectivity index (χ2n) is 12.1. The molecule has 2 saturated carbocycles. The van der Waals surface area contributed by atoms with Gasteiger partial charge < -0.3 is 15.2 Å². The van der Waals surface area contributed by atoms with Crippen molar-refractivity contribution in [1.29, 1.82) is 0 Å². The fourth-order valence-electron chi connectivity index (χ4n) is 8.93. The molecule has 1 spiro atoms. The predicted molar refractivity (Wildman–Crippen MR) is 120 cm³/mol. The van der Waals surface area contributed by atoms with Gasteiger partial charge in [-0.15, -0.1) is 0 Å². The molecule has 31 heavy (non-hydrogen) atoms. The summed E-state index contributed by atoms with van der Waals surface area (Å²) in [6.07, 6.45) is 9.23. The fraction of sp³-hybridized carbons (Fsp3) is 0.815. The van der Waals surface area contributed by atoms with Crippen molar-refractivity contribution >= 4 is 5.78 Å². The van der Waals surface area contributed by atoms with Gasteiger partial charge in [0.1, 0.15) is 0 Å². The van der Waals surface area contributed by atoms with Crippen LogP contribution in [0.1, 0.15) is 72.6 Å². The number of hydrogen-bond donors (Lipinski definition) is 2. The Morgan fingerprint density at radius 3 is 2.84 bits per heavy atom. The van der Waals surface area contributed by atoms with Crippen LogP contribution in [0, 0.1) is 35.0 Å². The average Bonchev–Trinajstić information content (AvgIpc) is 3.18. The normalized spacial score (nSPS) is 53.7. The van der Waals surface area contributed by atoms with Crippen molar-refractivity contribution in [1.82, 2.24) is 5.32 Å². The minimum absolute atomic E-state index is 0.0653. The zero-order valence-corrected chi connectivity index (χ0v) is 19.6. The van der Waals surface area contributed by atoms with Gasteiger partial charge in [0.2, 0.25) is 0 Å². The lowest BCUT2D eigenvalue weighted by atomic mass is 9.56. The summed E-state index contributed by atoms with van der Waals surface area (Å²) >= 11 is 0. The van der Waals surface area contributed by atoms with Crippen LogP contribution in [0.5, 0.6) is 0 Å². The number of aliphatic hydroxyl groups is 1. The summed E-state index contributed by atoms with van der Waals surface area (Å²) < 4.78 is 6.93. The Morgan fingerprint density at radius 1 is 1.23 bits per heavy atom. The molecule has 170 valence electrons. The zero-order valence-electron chi connectivity index (χ0n) is 19.6. The van der Waals surface area contributed by atoms with Crippen LogP contribution in [0.2, 0.25) is 0 Å². The summed E-state index contributed by atoms with van der Waals surface area (Å²) in [6, 6.07) is 0.410. The van der Waals surface area contributed by atoms with E-state index in [0.717, 1.165) is 57.1 Å². The quantitative estimate of drug-likeness (QED) is 0.572. The van der Waals surface area contributed by atoms with Crippen LogP contribution in [0.25, 0.3) is 0 Å². The number of ketones is 1. The lowest BCUT2D eigenvalue weighted by Crippen LogP contribution is -2.49. The molecule has 0 unspecified atom stereocenters. The van der Waals surface area contributed by atoms with Crippen molar-refractivity contribution in [2.75, 3.05) is 6.54 Å². The van der Waals surface area contributed by atoms with Crippen LogP contribution in [0.3, 0.4) is 0 Å². The highest BCUT2D eigenvalue weighted by Gasteiger charge is 2.63. The van der Waals surface area contributed by atoms with E-state index in [2.05, 4.69) is 39.1 Å². The summed E-state index contributed by atoms with van der Waals surface area (Å²) in [5.74, 6) is 2.41. The smallest absolute Gasteiger partial charge is 0.163 e. The molecular weight excluding hydrogens is 386 g/mol. The van der Waals surface area contributed by atoms with Crippen LogP contribution in [0.15, 0.2) is 22.8 Å². The minimum Gasteiger partial charge on any atom is -0.393 e. The number of rotatable bonds is 0. The molecule has 6 aliphatic rings. The molecule has 0 radical (unpaired) electrons. The highest BCUT2D eigenvalue weighted by atomic mass is 16.5. The Kier molecular flexibility index (Phi) is 4.51. The van der Waals surface area contributed by atoms with Gasteiger partial charge in [-0.25, -0.2) is 0 Å². The van der Waals surface area contributed by atoms with Gasteiger partial charge in [0, 0.05) is 23.5 Å². The molecule has 2 heterocycles. The number of piperidine rings is 1. The Hall–Kier alpha value is -0.970. The molecule has 10 atom stereocenters. The molecule has 0 aromatic carbocycles. The first-order valence-corrected chi connectivity index (χ1v) is 12.8. The summed E-state index contributed by atoms with van der Waals surface area (Å²) in [5, 5.41) is 14.0. The minimum atomic E-state index is -0.263.